The van der Waals surface area contributed by atoms with Gasteiger partial charge in [-0.15, -0.1) is 0 Å². The highest BCUT2D eigenvalue weighted by atomic mass is 19.1. The second-order valence-corrected chi connectivity index (χ2v) is 7.20. The zero-order chi connectivity index (χ0) is 17.8. The second-order valence-electron chi connectivity index (χ2n) is 7.20. The molecule has 0 spiro atoms. The van der Waals surface area contributed by atoms with Gasteiger partial charge < -0.3 is 4.98 Å². The van der Waals surface area contributed by atoms with Crippen LogP contribution in [0.2, 0.25) is 0 Å². The number of aromatic nitrogens is 3. The lowest BCUT2D eigenvalue weighted by Crippen LogP contribution is -2.12. The standard InChI is InChI=1S/C20H17F2N3/c1-20(2,3)15-6-4-5-11-9-24-19(25-17(11)15)14-10-23-18-13(14)7-12(21)8-16(18)22/h4-10,23H,1-3H3. The predicted octanol–water partition coefficient (Wildman–Crippen LogP) is 5.35. The SMILES string of the molecule is CC(C)(C)c1cccc2cnc(-c3c[nH]c4c(F)cc(F)cc34)nc12. The summed E-state index contributed by atoms with van der Waals surface area (Å²) in [5.74, 6) is -0.806. The smallest absolute Gasteiger partial charge is 0.161 e. The van der Waals surface area contributed by atoms with Crippen LogP contribution in [-0.2, 0) is 5.41 Å². The summed E-state index contributed by atoms with van der Waals surface area (Å²) in [7, 11) is 0. The van der Waals surface area contributed by atoms with Crippen LogP contribution < -0.4 is 0 Å². The highest BCUT2D eigenvalue weighted by Gasteiger charge is 2.19. The second kappa shape index (κ2) is 5.34. The minimum absolute atomic E-state index is 0.0798. The van der Waals surface area contributed by atoms with E-state index < -0.39 is 11.6 Å². The monoisotopic (exact) mass is 337 g/mol. The van der Waals surface area contributed by atoms with Gasteiger partial charge in [-0.3, -0.25) is 0 Å². The van der Waals surface area contributed by atoms with Crippen molar-refractivity contribution >= 4 is 21.8 Å². The minimum atomic E-state index is -0.627. The van der Waals surface area contributed by atoms with E-state index in [9.17, 15) is 8.78 Å². The molecule has 0 aliphatic rings. The number of hydrogen-bond acceptors (Lipinski definition) is 2. The van der Waals surface area contributed by atoms with E-state index in [1.807, 2.05) is 18.2 Å². The van der Waals surface area contributed by atoms with E-state index >= 15 is 0 Å². The first-order chi connectivity index (χ1) is 11.8. The van der Waals surface area contributed by atoms with Crippen molar-refractivity contribution in [3.8, 4) is 11.4 Å². The Balaban J connectivity index is 2.00. The van der Waals surface area contributed by atoms with Gasteiger partial charge >= 0.3 is 0 Å². The quantitative estimate of drug-likeness (QED) is 0.508. The van der Waals surface area contributed by atoms with Crippen LogP contribution in [0.3, 0.4) is 0 Å². The molecule has 4 aromatic rings. The fourth-order valence-corrected chi connectivity index (χ4v) is 3.13. The lowest BCUT2D eigenvalue weighted by molar-refractivity contribution is 0.591. The third-order valence-corrected chi connectivity index (χ3v) is 4.37. The highest BCUT2D eigenvalue weighted by Crippen LogP contribution is 2.32. The van der Waals surface area contributed by atoms with Gasteiger partial charge in [-0.2, -0.15) is 0 Å². The average Bonchev–Trinajstić information content (AvgIpc) is 2.97. The van der Waals surface area contributed by atoms with Gasteiger partial charge in [0.05, 0.1) is 11.0 Å². The topological polar surface area (TPSA) is 41.6 Å². The summed E-state index contributed by atoms with van der Waals surface area (Å²) in [6.45, 7) is 6.38. The maximum Gasteiger partial charge on any atom is 0.161 e. The summed E-state index contributed by atoms with van der Waals surface area (Å²) in [6, 6.07) is 8.16. The van der Waals surface area contributed by atoms with Gasteiger partial charge in [0.1, 0.15) is 11.6 Å². The molecule has 2 aromatic heterocycles. The van der Waals surface area contributed by atoms with E-state index in [1.54, 1.807) is 12.4 Å². The summed E-state index contributed by atoms with van der Waals surface area (Å²) in [4.78, 5) is 12.0. The lowest BCUT2D eigenvalue weighted by Gasteiger charge is -2.20. The van der Waals surface area contributed by atoms with Crippen LogP contribution in [0.5, 0.6) is 0 Å². The van der Waals surface area contributed by atoms with E-state index in [4.69, 9.17) is 4.98 Å². The van der Waals surface area contributed by atoms with Crippen molar-refractivity contribution in [1.29, 1.82) is 0 Å². The molecule has 0 saturated carbocycles. The van der Waals surface area contributed by atoms with Gasteiger partial charge in [-0.1, -0.05) is 39.0 Å². The number of para-hydroxylation sites is 1. The van der Waals surface area contributed by atoms with Gasteiger partial charge in [0.15, 0.2) is 5.82 Å². The van der Waals surface area contributed by atoms with Crippen LogP contribution in [0.1, 0.15) is 26.3 Å². The number of hydrogen-bond donors (Lipinski definition) is 1. The Bertz CT molecular complexity index is 1110. The van der Waals surface area contributed by atoms with Crippen molar-refractivity contribution in [2.24, 2.45) is 0 Å². The van der Waals surface area contributed by atoms with Crippen LogP contribution >= 0.6 is 0 Å². The summed E-state index contributed by atoms with van der Waals surface area (Å²) in [6.07, 6.45) is 3.37. The largest absolute Gasteiger partial charge is 0.358 e. The molecule has 0 fully saturated rings. The summed E-state index contributed by atoms with van der Waals surface area (Å²) >= 11 is 0. The maximum atomic E-state index is 13.9. The Labute approximate surface area is 143 Å². The number of nitrogens with zero attached hydrogens (tertiary/aromatic N) is 2. The van der Waals surface area contributed by atoms with Gasteiger partial charge in [-0.25, -0.2) is 18.7 Å². The van der Waals surface area contributed by atoms with Gasteiger partial charge in [0.25, 0.3) is 0 Å². The average molecular weight is 337 g/mol. The van der Waals surface area contributed by atoms with Crippen LogP contribution in [-0.4, -0.2) is 15.0 Å². The van der Waals surface area contributed by atoms with Crippen LogP contribution in [0.4, 0.5) is 8.78 Å². The molecule has 0 atom stereocenters. The fourth-order valence-electron chi connectivity index (χ4n) is 3.13. The summed E-state index contributed by atoms with van der Waals surface area (Å²) < 4.78 is 27.6. The predicted molar refractivity (Wildman–Crippen MR) is 95.4 cm³/mol. The Kier molecular flexibility index (Phi) is 3.35. The van der Waals surface area contributed by atoms with Crippen molar-refractivity contribution in [2.75, 3.05) is 0 Å². The number of nitrogens with one attached hydrogen (secondary N) is 1. The third kappa shape index (κ3) is 2.56. The van der Waals surface area contributed by atoms with Crippen molar-refractivity contribution in [3.63, 3.8) is 0 Å². The van der Waals surface area contributed by atoms with Crippen LogP contribution in [0, 0.1) is 11.6 Å². The number of fused-ring (bicyclic) bond motifs is 2. The van der Waals surface area contributed by atoms with Gasteiger partial charge in [0.2, 0.25) is 0 Å². The van der Waals surface area contributed by atoms with E-state index in [0.717, 1.165) is 22.5 Å². The minimum Gasteiger partial charge on any atom is -0.358 e. The van der Waals surface area contributed by atoms with Gasteiger partial charge in [-0.05, 0) is 17.0 Å². The first kappa shape index (κ1) is 15.7. The van der Waals surface area contributed by atoms with Gasteiger partial charge in [0, 0.05) is 34.8 Å². The van der Waals surface area contributed by atoms with E-state index in [1.165, 1.54) is 6.07 Å². The molecule has 0 bridgehead atoms. The molecule has 2 aromatic carbocycles. The summed E-state index contributed by atoms with van der Waals surface area (Å²) in [5.41, 5.74) is 2.71. The van der Waals surface area contributed by atoms with Crippen molar-refractivity contribution in [3.05, 3.63) is 59.9 Å². The molecule has 0 aliphatic carbocycles. The fraction of sp³-hybridized carbons (Fsp3) is 0.200. The molecule has 0 radical (unpaired) electrons. The molecule has 5 heteroatoms. The molecule has 25 heavy (non-hydrogen) atoms. The highest BCUT2D eigenvalue weighted by molar-refractivity contribution is 5.95. The van der Waals surface area contributed by atoms with E-state index in [2.05, 4.69) is 30.7 Å². The normalized spacial score (nSPS) is 12.2. The molecule has 1 N–H and O–H groups in total. The Morgan fingerprint density at radius 2 is 1.88 bits per heavy atom. The Hall–Kier alpha value is -2.82. The number of halogens is 2. The van der Waals surface area contributed by atoms with Crippen LogP contribution in [0.15, 0.2) is 42.7 Å². The Morgan fingerprint density at radius 1 is 1.08 bits per heavy atom. The molecular weight excluding hydrogens is 320 g/mol. The van der Waals surface area contributed by atoms with E-state index in [-0.39, 0.29) is 10.9 Å². The van der Waals surface area contributed by atoms with E-state index in [0.29, 0.717) is 16.8 Å². The molecular formula is C20H17F2N3. The first-order valence-electron chi connectivity index (χ1n) is 8.07. The molecule has 126 valence electrons. The zero-order valence-electron chi connectivity index (χ0n) is 14.2. The molecule has 2 heterocycles. The van der Waals surface area contributed by atoms with Crippen molar-refractivity contribution < 1.29 is 8.78 Å². The van der Waals surface area contributed by atoms with Crippen molar-refractivity contribution in [2.45, 2.75) is 26.2 Å². The third-order valence-electron chi connectivity index (χ3n) is 4.37. The molecule has 0 aliphatic heterocycles. The molecule has 0 amide bonds. The van der Waals surface area contributed by atoms with Crippen LogP contribution in [0.25, 0.3) is 33.2 Å². The Morgan fingerprint density at radius 3 is 2.64 bits per heavy atom. The molecule has 0 unspecified atom stereocenters. The molecule has 3 nitrogen and oxygen atoms in total. The maximum absolute atomic E-state index is 13.9. The lowest BCUT2D eigenvalue weighted by atomic mass is 9.85. The summed E-state index contributed by atoms with van der Waals surface area (Å²) in [5, 5.41) is 1.37. The number of H-pyrrole nitrogens is 1. The molecule has 0 saturated heterocycles. The zero-order valence-corrected chi connectivity index (χ0v) is 14.2. The number of benzene rings is 2. The first-order valence-corrected chi connectivity index (χ1v) is 8.07. The molecule has 4 rings (SSSR count). The number of rotatable bonds is 1. The van der Waals surface area contributed by atoms with Crippen molar-refractivity contribution in [1.82, 2.24) is 15.0 Å². The number of aromatic amines is 1.